The first-order chi connectivity index (χ1) is 12.3. The molecule has 0 heterocycles. The van der Waals surface area contributed by atoms with E-state index in [-0.39, 0.29) is 16.2 Å². The van der Waals surface area contributed by atoms with Gasteiger partial charge in [-0.1, -0.05) is 0 Å². The van der Waals surface area contributed by atoms with Crippen LogP contribution in [0.15, 0.2) is 41.3 Å². The van der Waals surface area contributed by atoms with E-state index in [0.29, 0.717) is 17.2 Å². The van der Waals surface area contributed by atoms with Crippen molar-refractivity contribution in [2.24, 2.45) is 0 Å². The van der Waals surface area contributed by atoms with Crippen LogP contribution in [0.3, 0.4) is 0 Å². The fourth-order valence-electron chi connectivity index (χ4n) is 2.32. The minimum Gasteiger partial charge on any atom is -0.495 e. The molecule has 0 aliphatic heterocycles. The van der Waals surface area contributed by atoms with Gasteiger partial charge in [0, 0.05) is 13.1 Å². The fourth-order valence-corrected chi connectivity index (χ4v) is 3.69. The summed E-state index contributed by atoms with van der Waals surface area (Å²) in [6.07, 6.45) is 0. The van der Waals surface area contributed by atoms with Gasteiger partial charge in [-0.3, -0.25) is 4.31 Å². The van der Waals surface area contributed by atoms with Gasteiger partial charge in [-0.15, -0.1) is 0 Å². The van der Waals surface area contributed by atoms with Gasteiger partial charge in [0.05, 0.1) is 32.6 Å². The third-order valence-electron chi connectivity index (χ3n) is 3.78. The topological polar surface area (TPSA) is 102 Å². The van der Waals surface area contributed by atoms with E-state index in [0.717, 1.165) is 10.4 Å². The number of benzene rings is 2. The van der Waals surface area contributed by atoms with Crippen LogP contribution in [0.2, 0.25) is 0 Å². The van der Waals surface area contributed by atoms with Gasteiger partial charge in [0.25, 0.3) is 10.0 Å². The maximum atomic E-state index is 13.0. The lowest BCUT2D eigenvalue weighted by molar-refractivity contribution is 0.0696. The van der Waals surface area contributed by atoms with Crippen LogP contribution in [-0.4, -0.2) is 47.9 Å². The number of aromatic carboxylic acids is 1. The van der Waals surface area contributed by atoms with Crippen molar-refractivity contribution < 1.29 is 32.5 Å². The first-order valence-electron chi connectivity index (χ1n) is 7.38. The maximum Gasteiger partial charge on any atom is 0.335 e. The molecule has 2 aromatic carbocycles. The Kier molecular flexibility index (Phi) is 5.61. The van der Waals surface area contributed by atoms with E-state index in [4.69, 9.17) is 19.3 Å². The second-order valence-electron chi connectivity index (χ2n) is 5.18. The average molecular weight is 381 g/mol. The molecule has 140 valence electrons. The van der Waals surface area contributed by atoms with Crippen molar-refractivity contribution in [2.75, 3.05) is 32.7 Å². The molecule has 8 nitrogen and oxygen atoms in total. The normalized spacial score (nSPS) is 10.9. The summed E-state index contributed by atoms with van der Waals surface area (Å²) in [4.78, 5) is 10.9. The highest BCUT2D eigenvalue weighted by Gasteiger charge is 2.27. The van der Waals surface area contributed by atoms with E-state index in [1.54, 1.807) is 12.1 Å². The molecule has 0 unspecified atom stereocenters. The standard InChI is InChI=1S/C17H19NO7S/c1-18(12-6-8-13(23-2)15(10-12)25-4)26(21,22)16-9-11(17(19)20)5-7-14(16)24-3/h5-10H,1-4H3,(H,19,20). The monoisotopic (exact) mass is 381 g/mol. The smallest absolute Gasteiger partial charge is 0.335 e. The summed E-state index contributed by atoms with van der Waals surface area (Å²) in [5.41, 5.74) is 0.149. The Labute approximate surface area is 151 Å². The van der Waals surface area contributed by atoms with Crippen LogP contribution in [0.5, 0.6) is 17.2 Å². The fraction of sp³-hybridized carbons (Fsp3) is 0.235. The minimum absolute atomic E-state index is 0.0438. The summed E-state index contributed by atoms with van der Waals surface area (Å²) >= 11 is 0. The van der Waals surface area contributed by atoms with Gasteiger partial charge >= 0.3 is 5.97 Å². The van der Waals surface area contributed by atoms with Gasteiger partial charge in [-0.25, -0.2) is 13.2 Å². The van der Waals surface area contributed by atoms with Crippen molar-refractivity contribution in [2.45, 2.75) is 4.90 Å². The highest BCUT2D eigenvalue weighted by atomic mass is 32.2. The number of methoxy groups -OCH3 is 3. The van der Waals surface area contributed by atoms with Crippen LogP contribution in [-0.2, 0) is 10.0 Å². The van der Waals surface area contributed by atoms with E-state index in [1.807, 2.05) is 0 Å². The molecule has 0 aromatic heterocycles. The zero-order valence-corrected chi connectivity index (χ0v) is 15.5. The number of anilines is 1. The molecule has 0 amide bonds. The van der Waals surface area contributed by atoms with E-state index in [9.17, 15) is 13.2 Å². The number of nitrogens with zero attached hydrogens (tertiary/aromatic N) is 1. The van der Waals surface area contributed by atoms with Crippen LogP contribution in [0.25, 0.3) is 0 Å². The van der Waals surface area contributed by atoms with Gasteiger partial charge in [-0.2, -0.15) is 0 Å². The Hall–Kier alpha value is -2.94. The Morgan fingerprint density at radius 1 is 0.923 bits per heavy atom. The molecule has 0 fully saturated rings. The van der Waals surface area contributed by atoms with E-state index < -0.39 is 16.0 Å². The average Bonchev–Trinajstić information content (AvgIpc) is 2.65. The quantitative estimate of drug-likeness (QED) is 0.784. The molecule has 0 atom stereocenters. The zero-order chi connectivity index (χ0) is 19.5. The van der Waals surface area contributed by atoms with Crippen LogP contribution in [0.1, 0.15) is 10.4 Å². The summed E-state index contributed by atoms with van der Waals surface area (Å²) in [5, 5.41) is 9.14. The van der Waals surface area contributed by atoms with Crippen molar-refractivity contribution in [3.05, 3.63) is 42.0 Å². The summed E-state index contributed by atoms with van der Waals surface area (Å²) in [7, 11) is 1.49. The molecule has 26 heavy (non-hydrogen) atoms. The highest BCUT2D eigenvalue weighted by Crippen LogP contribution is 2.35. The first-order valence-corrected chi connectivity index (χ1v) is 8.82. The molecule has 0 bridgehead atoms. The van der Waals surface area contributed by atoms with Crippen molar-refractivity contribution in [1.82, 2.24) is 0 Å². The largest absolute Gasteiger partial charge is 0.495 e. The summed E-state index contributed by atoms with van der Waals surface area (Å²) < 4.78 is 42.5. The summed E-state index contributed by atoms with van der Waals surface area (Å²) in [5.74, 6) is -0.383. The van der Waals surface area contributed by atoms with Crippen molar-refractivity contribution in [1.29, 1.82) is 0 Å². The number of sulfonamides is 1. The number of rotatable bonds is 7. The molecule has 2 aromatic rings. The molecule has 2 rings (SSSR count). The summed E-state index contributed by atoms with van der Waals surface area (Å²) in [6.45, 7) is 0. The molecular formula is C17H19NO7S. The van der Waals surface area contributed by atoms with Crippen LogP contribution >= 0.6 is 0 Å². The molecule has 0 aliphatic rings. The molecule has 0 radical (unpaired) electrons. The second kappa shape index (κ2) is 7.52. The Bertz CT molecular complexity index is 925. The molecule has 0 saturated heterocycles. The van der Waals surface area contributed by atoms with E-state index >= 15 is 0 Å². The van der Waals surface area contributed by atoms with Crippen LogP contribution in [0.4, 0.5) is 5.69 Å². The van der Waals surface area contributed by atoms with Crippen LogP contribution in [0, 0.1) is 0 Å². The van der Waals surface area contributed by atoms with Gasteiger partial charge in [-0.05, 0) is 30.3 Å². The van der Waals surface area contributed by atoms with E-state index in [2.05, 4.69) is 0 Å². The lowest BCUT2D eigenvalue weighted by Crippen LogP contribution is -2.27. The maximum absolute atomic E-state index is 13.0. The number of hydrogen-bond acceptors (Lipinski definition) is 6. The third kappa shape index (κ3) is 3.52. The molecule has 9 heteroatoms. The lowest BCUT2D eigenvalue weighted by Gasteiger charge is -2.22. The molecule has 0 aliphatic carbocycles. The minimum atomic E-state index is -4.09. The molecule has 0 saturated carbocycles. The number of carboxylic acids is 1. The van der Waals surface area contributed by atoms with Gasteiger partial charge in [0.1, 0.15) is 10.6 Å². The predicted molar refractivity (Wildman–Crippen MR) is 95.1 cm³/mol. The Morgan fingerprint density at radius 3 is 2.04 bits per heavy atom. The zero-order valence-electron chi connectivity index (χ0n) is 14.7. The number of carboxylic acid groups (broad SMARTS) is 1. The van der Waals surface area contributed by atoms with Crippen LogP contribution < -0.4 is 18.5 Å². The molecular weight excluding hydrogens is 362 g/mol. The Morgan fingerprint density at radius 2 is 1.50 bits per heavy atom. The summed E-state index contributed by atoms with van der Waals surface area (Å²) in [6, 6.07) is 8.27. The van der Waals surface area contributed by atoms with Crippen molar-refractivity contribution in [3.8, 4) is 17.2 Å². The second-order valence-corrected chi connectivity index (χ2v) is 7.12. The molecule has 1 N–H and O–H groups in total. The van der Waals surface area contributed by atoms with Gasteiger partial charge < -0.3 is 19.3 Å². The predicted octanol–water partition coefficient (Wildman–Crippen LogP) is 2.24. The highest BCUT2D eigenvalue weighted by molar-refractivity contribution is 7.92. The van der Waals surface area contributed by atoms with Gasteiger partial charge in [0.15, 0.2) is 11.5 Å². The number of ether oxygens (including phenoxy) is 3. The Balaban J connectivity index is 2.56. The number of carbonyl (C=O) groups is 1. The van der Waals surface area contributed by atoms with Crippen molar-refractivity contribution >= 4 is 21.7 Å². The third-order valence-corrected chi connectivity index (χ3v) is 5.59. The van der Waals surface area contributed by atoms with Gasteiger partial charge in [0.2, 0.25) is 0 Å². The van der Waals surface area contributed by atoms with Crippen molar-refractivity contribution in [3.63, 3.8) is 0 Å². The number of hydrogen-bond donors (Lipinski definition) is 1. The lowest BCUT2D eigenvalue weighted by atomic mass is 10.2. The SMILES string of the molecule is COc1ccc(N(C)S(=O)(=O)c2cc(C(=O)O)ccc2OC)cc1OC. The van der Waals surface area contributed by atoms with E-state index in [1.165, 1.54) is 46.6 Å². The first kappa shape index (κ1) is 19.4. The molecule has 0 spiro atoms.